The summed E-state index contributed by atoms with van der Waals surface area (Å²) in [4.78, 5) is 32.5. The van der Waals surface area contributed by atoms with Gasteiger partial charge in [0, 0.05) is 50.2 Å². The molecule has 8 heteroatoms. The molecule has 0 spiro atoms. The molecular formula is C33H38N4O4. The van der Waals surface area contributed by atoms with Crippen molar-refractivity contribution in [1.29, 1.82) is 0 Å². The predicted octanol–water partition coefficient (Wildman–Crippen LogP) is 5.46. The van der Waals surface area contributed by atoms with E-state index in [9.17, 15) is 9.59 Å². The Hall–Kier alpha value is -4.46. The first-order chi connectivity index (χ1) is 20.0. The number of nitrogens with zero attached hydrogens (tertiary/aromatic N) is 4. The second kappa shape index (κ2) is 12.8. The van der Waals surface area contributed by atoms with Gasteiger partial charge in [-0.3, -0.25) is 9.59 Å². The number of hydrogen-bond acceptors (Lipinski definition) is 5. The number of aromatic nitrogens is 1. The highest BCUT2D eigenvalue weighted by molar-refractivity contribution is 5.94. The summed E-state index contributed by atoms with van der Waals surface area (Å²) in [5.74, 6) is 1.81. The van der Waals surface area contributed by atoms with Gasteiger partial charge in [-0.2, -0.15) is 0 Å². The Morgan fingerprint density at radius 3 is 2.41 bits per heavy atom. The Morgan fingerprint density at radius 1 is 0.927 bits per heavy atom. The molecule has 4 aromatic rings. The zero-order valence-electron chi connectivity index (χ0n) is 24.1. The Bertz CT molecular complexity index is 1460. The van der Waals surface area contributed by atoms with Gasteiger partial charge in [-0.05, 0) is 61.9 Å². The molecule has 5 rings (SSSR count). The average Bonchev–Trinajstić information content (AvgIpc) is 3.66. The van der Waals surface area contributed by atoms with E-state index in [-0.39, 0.29) is 11.8 Å². The number of rotatable bonds is 10. The Labute approximate surface area is 241 Å². The normalized spacial score (nSPS) is 13.3. The molecule has 1 fully saturated rings. The van der Waals surface area contributed by atoms with Crippen molar-refractivity contribution in [3.05, 3.63) is 107 Å². The number of amides is 2. The summed E-state index contributed by atoms with van der Waals surface area (Å²) >= 11 is 0. The molecule has 0 N–H and O–H groups in total. The van der Waals surface area contributed by atoms with Crippen LogP contribution in [0.4, 0.5) is 5.69 Å². The predicted molar refractivity (Wildman–Crippen MR) is 160 cm³/mol. The van der Waals surface area contributed by atoms with Gasteiger partial charge in [0.1, 0.15) is 11.5 Å². The van der Waals surface area contributed by atoms with E-state index in [0.29, 0.717) is 49.8 Å². The Kier molecular flexibility index (Phi) is 8.77. The van der Waals surface area contributed by atoms with Crippen LogP contribution in [0.25, 0.3) is 0 Å². The second-order valence-corrected chi connectivity index (χ2v) is 10.4. The molecule has 0 bridgehead atoms. The van der Waals surface area contributed by atoms with Crippen LogP contribution in [-0.4, -0.2) is 66.0 Å². The number of anilines is 1. The molecule has 2 amide bonds. The molecule has 1 aliphatic rings. The molecule has 1 aliphatic heterocycles. The number of hydrogen-bond donors (Lipinski definition) is 0. The highest BCUT2D eigenvalue weighted by Gasteiger charge is 2.26. The van der Waals surface area contributed by atoms with Crippen LogP contribution in [0.2, 0.25) is 0 Å². The summed E-state index contributed by atoms with van der Waals surface area (Å²) in [6, 6.07) is 23.3. The lowest BCUT2D eigenvalue weighted by Crippen LogP contribution is -2.48. The van der Waals surface area contributed by atoms with Gasteiger partial charge in [0.25, 0.3) is 11.8 Å². The highest BCUT2D eigenvalue weighted by atomic mass is 16.5. The zero-order chi connectivity index (χ0) is 28.8. The maximum atomic E-state index is 13.3. The lowest BCUT2D eigenvalue weighted by molar-refractivity contribution is 0.0709. The molecule has 0 radical (unpaired) electrons. The molecule has 2 aromatic heterocycles. The van der Waals surface area contributed by atoms with Crippen molar-refractivity contribution < 1.29 is 18.7 Å². The van der Waals surface area contributed by atoms with Gasteiger partial charge in [-0.15, -0.1) is 0 Å². The lowest BCUT2D eigenvalue weighted by Gasteiger charge is -2.36. The monoisotopic (exact) mass is 554 g/mol. The van der Waals surface area contributed by atoms with E-state index in [0.717, 1.165) is 42.2 Å². The minimum Gasteiger partial charge on any atom is -0.495 e. The third-order valence-corrected chi connectivity index (χ3v) is 7.55. The fraction of sp³-hybridized carbons (Fsp3) is 0.333. The Morgan fingerprint density at radius 2 is 1.68 bits per heavy atom. The summed E-state index contributed by atoms with van der Waals surface area (Å²) < 4.78 is 13.6. The van der Waals surface area contributed by atoms with Gasteiger partial charge in [-0.1, -0.05) is 36.8 Å². The number of piperazine rings is 1. The van der Waals surface area contributed by atoms with Crippen molar-refractivity contribution in [1.82, 2.24) is 14.4 Å². The molecule has 0 unspecified atom stereocenters. The van der Waals surface area contributed by atoms with Crippen molar-refractivity contribution in [2.75, 3.05) is 44.7 Å². The van der Waals surface area contributed by atoms with Crippen LogP contribution in [0.5, 0.6) is 5.75 Å². The van der Waals surface area contributed by atoms with Crippen molar-refractivity contribution in [2.24, 2.45) is 0 Å². The van der Waals surface area contributed by atoms with Crippen LogP contribution in [-0.2, 0) is 13.1 Å². The SMILES string of the molecule is CCCN(Cc1cccn1Cc1ccc(C(=O)N2CCN(c3ccccc3OC)CC2)o1)C(=O)c1ccc(C)cc1. The minimum absolute atomic E-state index is 0.0243. The maximum absolute atomic E-state index is 13.3. The number of para-hydroxylation sites is 2. The first-order valence-corrected chi connectivity index (χ1v) is 14.2. The smallest absolute Gasteiger partial charge is 0.289 e. The van der Waals surface area contributed by atoms with Gasteiger partial charge < -0.3 is 28.4 Å². The fourth-order valence-electron chi connectivity index (χ4n) is 5.29. The zero-order valence-corrected chi connectivity index (χ0v) is 24.1. The van der Waals surface area contributed by atoms with E-state index in [1.54, 1.807) is 13.2 Å². The third kappa shape index (κ3) is 6.48. The summed E-state index contributed by atoms with van der Waals surface area (Å²) in [5, 5.41) is 0. The number of methoxy groups -OCH3 is 1. The van der Waals surface area contributed by atoms with Crippen LogP contribution in [0.15, 0.2) is 83.4 Å². The van der Waals surface area contributed by atoms with E-state index in [4.69, 9.17) is 9.15 Å². The summed E-state index contributed by atoms with van der Waals surface area (Å²) in [6.07, 6.45) is 2.85. The van der Waals surface area contributed by atoms with Crippen molar-refractivity contribution >= 4 is 17.5 Å². The first-order valence-electron chi connectivity index (χ1n) is 14.2. The van der Waals surface area contributed by atoms with Crippen molar-refractivity contribution in [3.8, 4) is 5.75 Å². The van der Waals surface area contributed by atoms with Gasteiger partial charge >= 0.3 is 0 Å². The molecule has 0 aliphatic carbocycles. The van der Waals surface area contributed by atoms with Gasteiger partial charge in [0.15, 0.2) is 5.76 Å². The number of furan rings is 1. The van der Waals surface area contributed by atoms with E-state index < -0.39 is 0 Å². The lowest BCUT2D eigenvalue weighted by atomic mass is 10.1. The largest absolute Gasteiger partial charge is 0.495 e. The quantitative estimate of drug-likeness (QED) is 0.260. The average molecular weight is 555 g/mol. The van der Waals surface area contributed by atoms with E-state index >= 15 is 0 Å². The van der Waals surface area contributed by atoms with Crippen LogP contribution in [0.1, 0.15) is 51.3 Å². The van der Waals surface area contributed by atoms with Crippen LogP contribution < -0.4 is 9.64 Å². The molecule has 8 nitrogen and oxygen atoms in total. The summed E-state index contributed by atoms with van der Waals surface area (Å²) in [5.41, 5.74) is 3.88. The van der Waals surface area contributed by atoms with Crippen molar-refractivity contribution in [2.45, 2.75) is 33.4 Å². The minimum atomic E-state index is -0.0959. The summed E-state index contributed by atoms with van der Waals surface area (Å²) in [6.45, 7) is 8.41. The Balaban J connectivity index is 1.21. The maximum Gasteiger partial charge on any atom is 0.289 e. The van der Waals surface area contributed by atoms with Crippen LogP contribution in [0, 0.1) is 6.92 Å². The van der Waals surface area contributed by atoms with Crippen LogP contribution >= 0.6 is 0 Å². The number of benzene rings is 2. The molecule has 214 valence electrons. The number of carbonyl (C=O) groups excluding carboxylic acids is 2. The molecule has 1 saturated heterocycles. The highest BCUT2D eigenvalue weighted by Crippen LogP contribution is 2.28. The van der Waals surface area contributed by atoms with E-state index in [1.165, 1.54) is 0 Å². The van der Waals surface area contributed by atoms with Crippen LogP contribution in [0.3, 0.4) is 0 Å². The molecule has 0 atom stereocenters. The fourth-order valence-corrected chi connectivity index (χ4v) is 5.29. The van der Waals surface area contributed by atoms with Gasteiger partial charge in [0.05, 0.1) is 25.9 Å². The number of carbonyl (C=O) groups is 2. The molecule has 3 heterocycles. The molecule has 0 saturated carbocycles. The standard InChI is InChI=1S/C33H38N4O4/c1-4-17-37(32(38)26-13-11-25(2)12-14-26)23-27-8-7-18-36(27)24-28-15-16-31(41-28)33(39)35-21-19-34(20-22-35)29-9-5-6-10-30(29)40-3/h5-16,18H,4,17,19-24H2,1-3H3. The third-order valence-electron chi connectivity index (χ3n) is 7.55. The molecule has 2 aromatic carbocycles. The topological polar surface area (TPSA) is 71.2 Å². The molecule has 41 heavy (non-hydrogen) atoms. The molecular weight excluding hydrogens is 516 g/mol. The number of aryl methyl sites for hydroxylation is 1. The number of ether oxygens (including phenoxy) is 1. The van der Waals surface area contributed by atoms with E-state index in [2.05, 4.69) is 16.4 Å². The van der Waals surface area contributed by atoms with Gasteiger partial charge in [0.2, 0.25) is 0 Å². The second-order valence-electron chi connectivity index (χ2n) is 10.4. The first kappa shape index (κ1) is 28.1. The van der Waals surface area contributed by atoms with Crippen molar-refractivity contribution in [3.63, 3.8) is 0 Å². The van der Waals surface area contributed by atoms with E-state index in [1.807, 2.05) is 89.7 Å². The van der Waals surface area contributed by atoms with Gasteiger partial charge in [-0.25, -0.2) is 0 Å². The summed E-state index contributed by atoms with van der Waals surface area (Å²) in [7, 11) is 1.68.